The number of aliphatic hydroxyl groups excluding tert-OH is 18. The molecule has 0 aromatic carbocycles. The summed E-state index contributed by atoms with van der Waals surface area (Å²) in [5, 5.41) is 190. The van der Waals surface area contributed by atoms with Gasteiger partial charge in [-0.2, -0.15) is 0 Å². The maximum Gasteiger partial charge on any atom is 0.187 e. The quantitative estimate of drug-likeness (QED) is 0.0724. The number of hydrogen-bond acceptors (Lipinski definition) is 30. The van der Waals surface area contributed by atoms with Crippen molar-refractivity contribution in [3.05, 3.63) is 0 Å². The average molecular weight is 974 g/mol. The van der Waals surface area contributed by atoms with E-state index in [4.69, 9.17) is 57.8 Å². The third-order valence-electron chi connectivity index (χ3n) is 12.5. The highest BCUT2D eigenvalue weighted by molar-refractivity contribution is 5.00. The number of rotatable bonds is 15. The molecule has 386 valence electrons. The van der Waals surface area contributed by atoms with Crippen LogP contribution in [0.3, 0.4) is 0 Å². The van der Waals surface area contributed by atoms with E-state index in [0.29, 0.717) is 0 Å². The maximum absolute atomic E-state index is 11.5. The van der Waals surface area contributed by atoms with Gasteiger partial charge in [0.05, 0.1) is 45.2 Å². The first-order chi connectivity index (χ1) is 31.2. The van der Waals surface area contributed by atoms with Gasteiger partial charge in [-0.25, -0.2) is 0 Å². The minimum absolute atomic E-state index is 0.860. The molecule has 30 atom stereocenters. The van der Waals surface area contributed by atoms with Gasteiger partial charge in [-0.05, 0) is 6.92 Å². The van der Waals surface area contributed by atoms with Crippen LogP contribution in [0.4, 0.5) is 0 Å². The predicted octanol–water partition coefficient (Wildman–Crippen LogP) is -13.1. The summed E-state index contributed by atoms with van der Waals surface area (Å²) in [6.45, 7) is -3.36. The summed E-state index contributed by atoms with van der Waals surface area (Å²) in [6.07, 6.45) is -52.9. The highest BCUT2D eigenvalue weighted by Gasteiger charge is 2.57. The minimum atomic E-state index is -2.15. The van der Waals surface area contributed by atoms with E-state index >= 15 is 0 Å². The zero-order chi connectivity index (χ0) is 48.6. The van der Waals surface area contributed by atoms with Crippen LogP contribution < -0.4 is 5.73 Å². The standard InChI is InChI=1S/C36H63NO29/c1-7-14(43)18(47)23(52)33(56-7)66-30-19(48)15(44)8(2-38)60-36(30)64-28-13(37)32(58-9(3-39)16(28)45)65-29-17(46)10(4-40)59-35(25(29)54)63-27-12(6-42)61-34(24(53)21(27)50)62-26-11(5-41)57-31(55)22(51)20(26)49/h7-36,38-55H,2-6,37H2,1H3/t7?,8?,9?,10?,11?,12?,13?,14-,15-,16-,17-,18-,19-,20+,21+,22?,23?,24?,25?,26+,27-,28+,29-,30?,31+,32-,33-,34-,35+,36-/m0/s1. The monoisotopic (exact) mass is 973 g/mol. The molecule has 12 unspecified atom stereocenters. The highest BCUT2D eigenvalue weighted by Crippen LogP contribution is 2.36. The molecule has 66 heavy (non-hydrogen) atoms. The second-order valence-electron chi connectivity index (χ2n) is 16.8. The fourth-order valence-corrected chi connectivity index (χ4v) is 8.49. The largest absolute Gasteiger partial charge is 0.394 e. The molecule has 0 radical (unpaired) electrons. The average Bonchev–Trinajstić information content (AvgIpc) is 3.30. The first-order valence-corrected chi connectivity index (χ1v) is 21.1. The van der Waals surface area contributed by atoms with Crippen LogP contribution in [0, 0.1) is 0 Å². The Balaban J connectivity index is 1.18. The molecule has 6 saturated heterocycles. The molecule has 0 aliphatic carbocycles. The van der Waals surface area contributed by atoms with E-state index in [1.807, 2.05) is 0 Å². The molecule has 6 aliphatic rings. The Morgan fingerprint density at radius 3 is 1.27 bits per heavy atom. The van der Waals surface area contributed by atoms with Gasteiger partial charge in [-0.15, -0.1) is 0 Å². The van der Waals surface area contributed by atoms with Crippen LogP contribution in [0.25, 0.3) is 0 Å². The fraction of sp³-hybridized carbons (Fsp3) is 1.00. The van der Waals surface area contributed by atoms with Gasteiger partial charge in [-0.1, -0.05) is 0 Å². The van der Waals surface area contributed by atoms with Crippen molar-refractivity contribution in [3.8, 4) is 0 Å². The Labute approximate surface area is 373 Å². The van der Waals surface area contributed by atoms with E-state index < -0.39 is 217 Å². The molecule has 0 aromatic heterocycles. The second kappa shape index (κ2) is 22.9. The smallest absolute Gasteiger partial charge is 0.187 e. The van der Waals surface area contributed by atoms with E-state index in [0.717, 1.165) is 0 Å². The van der Waals surface area contributed by atoms with Crippen molar-refractivity contribution in [3.63, 3.8) is 0 Å². The SMILES string of the molecule is CC1O[C@@H](OC2[C@H](O[C@@H]3C(N)[C@H](O[C@@H]4C(O)[C@@H](O[C@H]5C(CO)O[C@@H](O[C@@H]6C(CO)O[C@@H](O)C(O)[C@H]6O)C(O)[C@H]5O)OC(CO)[C@@H]4O)OC(CO)[C@@H]3O)OC(CO)[C@H](O)[C@@H]2O)C(O)[C@@H](O)[C@H]1O. The van der Waals surface area contributed by atoms with Crippen molar-refractivity contribution in [1.29, 1.82) is 0 Å². The predicted molar refractivity (Wildman–Crippen MR) is 200 cm³/mol. The van der Waals surface area contributed by atoms with Crippen LogP contribution in [0.5, 0.6) is 0 Å². The van der Waals surface area contributed by atoms with E-state index in [2.05, 4.69) is 0 Å². The van der Waals surface area contributed by atoms with Crippen molar-refractivity contribution in [1.82, 2.24) is 0 Å². The van der Waals surface area contributed by atoms with Crippen molar-refractivity contribution in [2.45, 2.75) is 191 Å². The Hall–Kier alpha value is -1.20. The van der Waals surface area contributed by atoms with Crippen molar-refractivity contribution < 1.29 is 144 Å². The lowest BCUT2D eigenvalue weighted by molar-refractivity contribution is -0.392. The Morgan fingerprint density at radius 1 is 0.318 bits per heavy atom. The van der Waals surface area contributed by atoms with E-state index in [1.165, 1.54) is 6.92 Å². The summed E-state index contributed by atoms with van der Waals surface area (Å²) in [5.74, 6) is 0. The topological polar surface area (TPSA) is 492 Å². The normalized spacial score (nSPS) is 54.0. The number of ether oxygens (including phenoxy) is 11. The fourth-order valence-electron chi connectivity index (χ4n) is 8.49. The number of aliphatic hydroxyl groups is 18. The van der Waals surface area contributed by atoms with E-state index in [-0.39, 0.29) is 0 Å². The van der Waals surface area contributed by atoms with Gasteiger partial charge in [-0.3, -0.25) is 0 Å². The first kappa shape index (κ1) is 54.1. The van der Waals surface area contributed by atoms with Crippen molar-refractivity contribution in [2.24, 2.45) is 5.73 Å². The Morgan fingerprint density at radius 2 is 0.697 bits per heavy atom. The van der Waals surface area contributed by atoms with Crippen molar-refractivity contribution >= 4 is 0 Å². The summed E-state index contributed by atoms with van der Waals surface area (Å²) in [5.41, 5.74) is 6.47. The molecular formula is C36H63NO29. The lowest BCUT2D eigenvalue weighted by Gasteiger charge is -2.50. The summed E-state index contributed by atoms with van der Waals surface area (Å²) < 4.78 is 61.8. The highest BCUT2D eigenvalue weighted by atomic mass is 16.8. The molecule has 6 rings (SSSR count). The van der Waals surface area contributed by atoms with Gasteiger partial charge >= 0.3 is 0 Å². The third-order valence-corrected chi connectivity index (χ3v) is 12.5. The summed E-state index contributed by atoms with van der Waals surface area (Å²) >= 11 is 0. The summed E-state index contributed by atoms with van der Waals surface area (Å²) in [7, 11) is 0. The third kappa shape index (κ3) is 10.8. The van der Waals surface area contributed by atoms with Gasteiger partial charge in [0.15, 0.2) is 37.7 Å². The molecule has 30 heteroatoms. The molecule has 0 spiro atoms. The van der Waals surface area contributed by atoms with Crippen LogP contribution in [0.2, 0.25) is 0 Å². The van der Waals surface area contributed by atoms with Crippen LogP contribution in [0.15, 0.2) is 0 Å². The molecule has 0 amide bonds. The zero-order valence-corrected chi connectivity index (χ0v) is 35.0. The molecular weight excluding hydrogens is 910 g/mol. The lowest BCUT2D eigenvalue weighted by Crippen LogP contribution is -2.69. The second-order valence-corrected chi connectivity index (χ2v) is 16.8. The van der Waals surface area contributed by atoms with Gasteiger partial charge in [0.1, 0.15) is 134 Å². The van der Waals surface area contributed by atoms with Crippen LogP contribution in [0.1, 0.15) is 6.92 Å². The van der Waals surface area contributed by atoms with E-state index in [1.54, 1.807) is 0 Å². The van der Waals surface area contributed by atoms with Crippen LogP contribution in [-0.2, 0) is 52.1 Å². The molecule has 6 heterocycles. The molecule has 6 aliphatic heterocycles. The molecule has 20 N–H and O–H groups in total. The molecule has 0 bridgehead atoms. The van der Waals surface area contributed by atoms with Crippen molar-refractivity contribution in [2.75, 3.05) is 33.0 Å². The number of nitrogens with two attached hydrogens (primary N) is 1. The molecule has 6 fully saturated rings. The van der Waals surface area contributed by atoms with Gasteiger partial charge in [0.2, 0.25) is 0 Å². The molecule has 0 aromatic rings. The first-order valence-electron chi connectivity index (χ1n) is 21.1. The molecule has 0 saturated carbocycles. The minimum Gasteiger partial charge on any atom is -0.394 e. The van der Waals surface area contributed by atoms with Gasteiger partial charge in [0.25, 0.3) is 0 Å². The zero-order valence-electron chi connectivity index (χ0n) is 35.0. The Bertz CT molecular complexity index is 1490. The van der Waals surface area contributed by atoms with Crippen LogP contribution in [-0.4, -0.2) is 309 Å². The lowest BCUT2D eigenvalue weighted by atomic mass is 9.94. The van der Waals surface area contributed by atoms with Crippen LogP contribution >= 0.6 is 0 Å². The van der Waals surface area contributed by atoms with Gasteiger partial charge in [0, 0.05) is 0 Å². The van der Waals surface area contributed by atoms with E-state index in [9.17, 15) is 91.9 Å². The number of hydrogen-bond donors (Lipinski definition) is 19. The summed E-state index contributed by atoms with van der Waals surface area (Å²) in [4.78, 5) is 0. The molecule has 30 nitrogen and oxygen atoms in total. The summed E-state index contributed by atoms with van der Waals surface area (Å²) in [6, 6.07) is -1.73. The Kier molecular flexibility index (Phi) is 18.8. The van der Waals surface area contributed by atoms with Gasteiger partial charge < -0.3 is 150 Å². The maximum atomic E-state index is 11.5.